The molecule has 1 atom stereocenters. The number of rotatable bonds is 6. The van der Waals surface area contributed by atoms with Gasteiger partial charge in [-0.15, -0.1) is 0 Å². The van der Waals surface area contributed by atoms with Crippen molar-refractivity contribution in [2.75, 3.05) is 13.1 Å². The Morgan fingerprint density at radius 2 is 1.94 bits per heavy atom. The van der Waals surface area contributed by atoms with Crippen LogP contribution in [0.2, 0.25) is 0 Å². The van der Waals surface area contributed by atoms with Crippen LogP contribution in [0.4, 0.5) is 0 Å². The van der Waals surface area contributed by atoms with Gasteiger partial charge in [0.15, 0.2) is 0 Å². The molecular formula is C10H21N2O2S2. The second-order valence-corrected chi connectivity index (χ2v) is 5.88. The zero-order valence-electron chi connectivity index (χ0n) is 10.2. The van der Waals surface area contributed by atoms with Crippen LogP contribution in [0.1, 0.15) is 33.6 Å². The van der Waals surface area contributed by atoms with E-state index < -0.39 is 10.0 Å². The second-order valence-electron chi connectivity index (χ2n) is 3.60. The molecule has 0 heterocycles. The Hall–Kier alpha value is -0.200. The van der Waals surface area contributed by atoms with Gasteiger partial charge in [0.2, 0.25) is 4.32 Å². The van der Waals surface area contributed by atoms with E-state index in [0.29, 0.717) is 25.9 Å². The van der Waals surface area contributed by atoms with Crippen molar-refractivity contribution in [1.29, 1.82) is 0 Å². The lowest BCUT2D eigenvalue weighted by atomic mass is 10.2. The van der Waals surface area contributed by atoms with Crippen LogP contribution < -0.4 is 4.72 Å². The minimum Gasteiger partial charge on any atom is -0.353 e. The van der Waals surface area contributed by atoms with Crippen molar-refractivity contribution in [1.82, 2.24) is 9.62 Å². The molecule has 4 nitrogen and oxygen atoms in total. The normalized spacial score (nSPS) is 13.5. The van der Waals surface area contributed by atoms with Crippen molar-refractivity contribution in [3.05, 3.63) is 6.92 Å². The molecule has 0 amide bonds. The summed E-state index contributed by atoms with van der Waals surface area (Å²) in [6, 6.07) is -0.129. The van der Waals surface area contributed by atoms with Gasteiger partial charge < -0.3 is 4.90 Å². The first-order valence-corrected chi connectivity index (χ1v) is 7.38. The van der Waals surface area contributed by atoms with Crippen LogP contribution in [0.25, 0.3) is 0 Å². The van der Waals surface area contributed by atoms with Crippen molar-refractivity contribution >= 4 is 26.6 Å². The highest BCUT2D eigenvalue weighted by Gasteiger charge is 2.23. The highest BCUT2D eigenvalue weighted by atomic mass is 32.2. The molecule has 6 heteroatoms. The van der Waals surface area contributed by atoms with E-state index in [-0.39, 0.29) is 10.4 Å². The van der Waals surface area contributed by atoms with E-state index >= 15 is 0 Å². The Balaban J connectivity index is 4.60. The summed E-state index contributed by atoms with van der Waals surface area (Å²) >= 11 is 4.97. The van der Waals surface area contributed by atoms with Gasteiger partial charge in [-0.3, -0.25) is 0 Å². The lowest BCUT2D eigenvalue weighted by molar-refractivity contribution is 0.473. The maximum absolute atomic E-state index is 11.9. The lowest BCUT2D eigenvalue weighted by Crippen LogP contribution is -2.44. The molecule has 95 valence electrons. The molecule has 1 unspecified atom stereocenters. The van der Waals surface area contributed by atoms with Gasteiger partial charge in [-0.05, 0) is 39.4 Å². The monoisotopic (exact) mass is 265 g/mol. The quantitative estimate of drug-likeness (QED) is 0.740. The Bertz CT molecular complexity index is 311. The standard InChI is InChI=1S/C10H21N2O2S2/c1-5-8-9(4)11-16(13,14)10(15)12(6-2)7-3/h9,11H,1,5-8H2,2-4H3. The third kappa shape index (κ3) is 4.76. The van der Waals surface area contributed by atoms with Crippen LogP contribution in [0, 0.1) is 6.92 Å². The van der Waals surface area contributed by atoms with Gasteiger partial charge in [0, 0.05) is 19.1 Å². The molecule has 0 saturated heterocycles. The van der Waals surface area contributed by atoms with Crippen molar-refractivity contribution < 1.29 is 8.42 Å². The van der Waals surface area contributed by atoms with E-state index in [0.717, 1.165) is 0 Å². The van der Waals surface area contributed by atoms with Crippen molar-refractivity contribution in [3.63, 3.8) is 0 Å². The van der Waals surface area contributed by atoms with Crippen LogP contribution >= 0.6 is 12.2 Å². The number of sulfonamides is 1. The topological polar surface area (TPSA) is 49.4 Å². The predicted molar refractivity (Wildman–Crippen MR) is 71.6 cm³/mol. The molecular weight excluding hydrogens is 244 g/mol. The van der Waals surface area contributed by atoms with E-state index in [4.69, 9.17) is 12.2 Å². The lowest BCUT2D eigenvalue weighted by Gasteiger charge is -2.23. The average molecular weight is 265 g/mol. The van der Waals surface area contributed by atoms with Gasteiger partial charge in [-0.2, -0.15) is 0 Å². The molecule has 0 aromatic rings. The molecule has 16 heavy (non-hydrogen) atoms. The van der Waals surface area contributed by atoms with Gasteiger partial charge >= 0.3 is 0 Å². The van der Waals surface area contributed by atoms with Gasteiger partial charge in [-0.25, -0.2) is 13.1 Å². The third-order valence-electron chi connectivity index (χ3n) is 2.24. The first-order chi connectivity index (χ1) is 7.38. The molecule has 0 spiro atoms. The van der Waals surface area contributed by atoms with E-state index in [1.54, 1.807) is 4.90 Å². The summed E-state index contributed by atoms with van der Waals surface area (Å²) in [6.07, 6.45) is 1.40. The van der Waals surface area contributed by atoms with Gasteiger partial charge in [0.25, 0.3) is 10.0 Å². The molecule has 0 rings (SSSR count). The SMILES string of the molecule is [CH2]CCC(C)NS(=O)(=O)C(=S)N(CC)CC. The first kappa shape index (κ1) is 15.8. The smallest absolute Gasteiger partial charge is 0.266 e. The number of nitrogens with one attached hydrogen (secondary N) is 1. The molecule has 0 bridgehead atoms. The zero-order chi connectivity index (χ0) is 12.8. The molecule has 0 aliphatic carbocycles. The maximum Gasteiger partial charge on any atom is 0.266 e. The Morgan fingerprint density at radius 3 is 2.31 bits per heavy atom. The summed E-state index contributed by atoms with van der Waals surface area (Å²) in [5.74, 6) is 0. The number of thiocarbonyl (C=S) groups is 1. The van der Waals surface area contributed by atoms with Crippen molar-refractivity contribution in [3.8, 4) is 0 Å². The molecule has 0 aromatic heterocycles. The second kappa shape index (κ2) is 7.19. The average Bonchev–Trinajstić information content (AvgIpc) is 2.18. The van der Waals surface area contributed by atoms with E-state index in [1.807, 2.05) is 20.8 Å². The summed E-state index contributed by atoms with van der Waals surface area (Å²) in [5.41, 5.74) is 0. The summed E-state index contributed by atoms with van der Waals surface area (Å²) in [7, 11) is -3.53. The van der Waals surface area contributed by atoms with Crippen LogP contribution in [0.15, 0.2) is 0 Å². The van der Waals surface area contributed by atoms with Crippen LogP contribution in [-0.2, 0) is 10.0 Å². The summed E-state index contributed by atoms with van der Waals surface area (Å²) < 4.78 is 26.3. The highest BCUT2D eigenvalue weighted by Crippen LogP contribution is 2.03. The number of hydrogen-bond donors (Lipinski definition) is 1. The van der Waals surface area contributed by atoms with Crippen molar-refractivity contribution in [2.24, 2.45) is 0 Å². The van der Waals surface area contributed by atoms with Gasteiger partial charge in [0.05, 0.1) is 0 Å². The maximum atomic E-state index is 11.9. The van der Waals surface area contributed by atoms with Crippen LogP contribution in [0.5, 0.6) is 0 Å². The Morgan fingerprint density at radius 1 is 1.44 bits per heavy atom. The molecule has 0 fully saturated rings. The Labute approximate surface area is 104 Å². The molecule has 0 aromatic carbocycles. The minimum atomic E-state index is -3.53. The van der Waals surface area contributed by atoms with Gasteiger partial charge in [-0.1, -0.05) is 13.3 Å². The van der Waals surface area contributed by atoms with E-state index in [9.17, 15) is 8.42 Å². The fraction of sp³-hybridized carbons (Fsp3) is 0.800. The fourth-order valence-electron chi connectivity index (χ4n) is 1.33. The fourth-order valence-corrected chi connectivity index (χ4v) is 3.08. The molecule has 0 aliphatic heterocycles. The molecule has 0 saturated carbocycles. The minimum absolute atomic E-state index is 0.0200. The number of hydrogen-bond acceptors (Lipinski definition) is 3. The molecule has 0 aliphatic rings. The summed E-state index contributed by atoms with van der Waals surface area (Å²) in [5, 5.41) is 0. The molecule has 1 radical (unpaired) electrons. The first-order valence-electron chi connectivity index (χ1n) is 5.49. The zero-order valence-corrected chi connectivity index (χ0v) is 11.8. The predicted octanol–water partition coefficient (Wildman–Crippen LogP) is 1.54. The summed E-state index contributed by atoms with van der Waals surface area (Å²) in [6.45, 7) is 10.5. The van der Waals surface area contributed by atoms with E-state index in [1.165, 1.54) is 0 Å². The summed E-state index contributed by atoms with van der Waals surface area (Å²) in [4.78, 5) is 1.65. The highest BCUT2D eigenvalue weighted by molar-refractivity contribution is 8.15. The molecule has 1 N–H and O–H groups in total. The van der Waals surface area contributed by atoms with Crippen LogP contribution in [0.3, 0.4) is 0 Å². The van der Waals surface area contributed by atoms with Gasteiger partial charge in [0.1, 0.15) is 0 Å². The Kier molecular flexibility index (Phi) is 7.10. The van der Waals surface area contributed by atoms with E-state index in [2.05, 4.69) is 11.6 Å². The third-order valence-corrected chi connectivity index (χ3v) is 4.59. The number of nitrogens with zero attached hydrogens (tertiary/aromatic N) is 1. The van der Waals surface area contributed by atoms with Crippen molar-refractivity contribution in [2.45, 2.75) is 39.7 Å². The van der Waals surface area contributed by atoms with Crippen LogP contribution in [-0.4, -0.2) is 36.8 Å². The largest absolute Gasteiger partial charge is 0.353 e.